The molecule has 37 heavy (non-hydrogen) atoms. The van der Waals surface area contributed by atoms with Crippen molar-refractivity contribution in [2.24, 2.45) is 0 Å². The van der Waals surface area contributed by atoms with Crippen LogP contribution in [0.5, 0.6) is 0 Å². The van der Waals surface area contributed by atoms with Crippen molar-refractivity contribution < 1.29 is 47.2 Å². The van der Waals surface area contributed by atoms with Crippen LogP contribution in [0.1, 0.15) is 47.1 Å². The molecule has 0 fully saturated rings. The molecule has 0 amide bonds. The predicted molar refractivity (Wildman–Crippen MR) is 150 cm³/mol. The summed E-state index contributed by atoms with van der Waals surface area (Å²) in [6.45, 7) is 7.42. The third kappa shape index (κ3) is 5.02. The van der Waals surface area contributed by atoms with Crippen molar-refractivity contribution in [2.45, 2.75) is 38.8 Å². The van der Waals surface area contributed by atoms with Crippen LogP contribution in [0.25, 0.3) is 28.3 Å². The van der Waals surface area contributed by atoms with Crippen molar-refractivity contribution >= 4 is 26.9 Å². The first kappa shape index (κ1) is 28.6. The second-order valence-electron chi connectivity index (χ2n) is 9.98. The summed E-state index contributed by atoms with van der Waals surface area (Å²) in [7, 11) is 0. The van der Waals surface area contributed by atoms with E-state index < -0.39 is 28.3 Å². The molecule has 0 heterocycles. The maximum atomic E-state index is 6.69. The van der Waals surface area contributed by atoms with Gasteiger partial charge in [-0.25, -0.2) is 0 Å². The third-order valence-corrected chi connectivity index (χ3v) is 16.3. The van der Waals surface area contributed by atoms with Crippen LogP contribution < -0.4 is 28.1 Å². The molecule has 0 bridgehead atoms. The molecule has 186 valence electrons. The summed E-state index contributed by atoms with van der Waals surface area (Å²) in [4.78, 5) is 0. The van der Waals surface area contributed by atoms with Gasteiger partial charge in [-0.15, -0.1) is 0 Å². The van der Waals surface area contributed by atoms with Crippen LogP contribution >= 0.6 is 11.6 Å². The van der Waals surface area contributed by atoms with Gasteiger partial charge in [-0.1, -0.05) is 0 Å². The monoisotopic (exact) mass is 636 g/mol. The summed E-state index contributed by atoms with van der Waals surface area (Å²) in [5, 5.41) is 0.826. The molecule has 0 spiro atoms. The van der Waals surface area contributed by atoms with E-state index in [4.69, 9.17) is 11.6 Å². The van der Waals surface area contributed by atoms with Gasteiger partial charge in [-0.2, -0.15) is 0 Å². The standard InChI is InChI=1S/C30H22Cl.C2H7Si.2ClH.Zr/c1-2-19-17-27-23(24-11-5-6-16-29(24)31)13-8-15-25(27)30(19)26-14-7-12-22-21-10-4-3-9-20(21)18-28(22)26;1-3-2;;;/h3-13,15-17,30H,2,18H2,1H3;3H,1-2H3;2*1H;/q;;;;+2/p-2. The Bertz CT molecular complexity index is 1490. The largest absolute Gasteiger partial charge is 1.00 e. The summed E-state index contributed by atoms with van der Waals surface area (Å²) >= 11 is 6.10. The van der Waals surface area contributed by atoms with Crippen molar-refractivity contribution in [3.63, 3.8) is 0 Å². The van der Waals surface area contributed by atoms with Crippen LogP contribution in [-0.2, 0) is 28.8 Å². The zero-order valence-corrected chi connectivity index (χ0v) is 27.2. The smallest absolute Gasteiger partial charge is 1.00 e. The second kappa shape index (κ2) is 11.8. The van der Waals surface area contributed by atoms with E-state index >= 15 is 0 Å². The molecule has 5 heteroatoms. The topological polar surface area (TPSA) is 0 Å². The summed E-state index contributed by atoms with van der Waals surface area (Å²) in [6, 6.07) is 29.1. The molecule has 0 saturated carbocycles. The SMILES string of the molecule is CCC1=Cc2c(-c3ccccc3Cl)cccc2C1c1[c]([Zr+2][SiH](C)C)ccc2c1Cc1ccccc1-2.[Cl-].[Cl-]. The number of rotatable bonds is 5. The van der Waals surface area contributed by atoms with Gasteiger partial charge in [-0.05, 0) is 0 Å². The van der Waals surface area contributed by atoms with E-state index in [0.29, 0.717) is 5.92 Å². The average molecular weight is 639 g/mol. The summed E-state index contributed by atoms with van der Waals surface area (Å²) in [6.07, 6.45) is 4.63. The Kier molecular flexibility index (Phi) is 9.09. The van der Waals surface area contributed by atoms with Crippen LogP contribution in [0.2, 0.25) is 18.1 Å². The van der Waals surface area contributed by atoms with Crippen molar-refractivity contribution in [1.82, 2.24) is 0 Å². The summed E-state index contributed by atoms with van der Waals surface area (Å²) in [5.41, 5.74) is 14.4. The first-order valence-corrected chi connectivity index (χ1v) is 21.4. The van der Waals surface area contributed by atoms with Crippen LogP contribution in [0.15, 0.2) is 84.4 Å². The van der Waals surface area contributed by atoms with Gasteiger partial charge in [-0.3, -0.25) is 0 Å². The number of hydrogen-bond donors (Lipinski definition) is 0. The van der Waals surface area contributed by atoms with Gasteiger partial charge in [0, 0.05) is 0 Å². The zero-order chi connectivity index (χ0) is 24.1. The Morgan fingerprint density at radius 2 is 1.51 bits per heavy atom. The number of fused-ring (bicyclic) bond motifs is 4. The number of allylic oxidation sites excluding steroid dienone is 1. The molecule has 4 aromatic rings. The summed E-state index contributed by atoms with van der Waals surface area (Å²) in [5.74, 6) is -0.252. The first-order chi connectivity index (χ1) is 17.1. The molecule has 2 aliphatic carbocycles. The Hall–Kier alpha value is -1.41. The first-order valence-electron chi connectivity index (χ1n) is 12.7. The Labute approximate surface area is 250 Å². The Balaban J connectivity index is 0.00000160. The van der Waals surface area contributed by atoms with E-state index in [-0.39, 0.29) is 24.8 Å². The van der Waals surface area contributed by atoms with Gasteiger partial charge in [0.05, 0.1) is 0 Å². The van der Waals surface area contributed by atoms with E-state index in [1.807, 2.05) is 12.1 Å². The molecule has 6 rings (SSSR count). The number of hydrogen-bond acceptors (Lipinski definition) is 0. The van der Waals surface area contributed by atoms with Gasteiger partial charge >= 0.3 is 228 Å². The van der Waals surface area contributed by atoms with Crippen molar-refractivity contribution in [3.8, 4) is 22.3 Å². The Morgan fingerprint density at radius 3 is 2.24 bits per heavy atom. The quantitative estimate of drug-likeness (QED) is 0.259. The molecule has 0 radical (unpaired) electrons. The van der Waals surface area contributed by atoms with Crippen molar-refractivity contribution in [1.29, 1.82) is 0 Å². The van der Waals surface area contributed by atoms with E-state index in [1.165, 1.54) is 33.4 Å². The zero-order valence-electron chi connectivity index (χ0n) is 21.3. The number of benzene rings is 4. The van der Waals surface area contributed by atoms with E-state index in [1.54, 1.807) is 20.0 Å². The van der Waals surface area contributed by atoms with Gasteiger partial charge in [0.25, 0.3) is 0 Å². The second-order valence-corrected chi connectivity index (χ2v) is 25.0. The fourth-order valence-electron chi connectivity index (χ4n) is 6.03. The third-order valence-electron chi connectivity index (χ3n) is 7.49. The molecular weight excluding hydrogens is 610 g/mol. The van der Waals surface area contributed by atoms with Crippen molar-refractivity contribution in [2.75, 3.05) is 0 Å². The molecule has 1 unspecified atom stereocenters. The van der Waals surface area contributed by atoms with Gasteiger partial charge in [0.15, 0.2) is 0 Å². The van der Waals surface area contributed by atoms with Crippen molar-refractivity contribution in [3.05, 3.63) is 117 Å². The van der Waals surface area contributed by atoms with Gasteiger partial charge in [0.1, 0.15) is 0 Å². The minimum Gasteiger partial charge on any atom is -1.00 e. The average Bonchev–Trinajstić information content (AvgIpc) is 3.42. The molecule has 0 saturated heterocycles. The molecule has 1 atom stereocenters. The van der Waals surface area contributed by atoms with E-state index in [2.05, 4.69) is 92.8 Å². The molecule has 0 N–H and O–H groups in total. The molecular formula is C32H29Cl3SiZr. The number of halogens is 3. The van der Waals surface area contributed by atoms with Crippen LogP contribution in [0, 0.1) is 0 Å². The maximum Gasteiger partial charge on any atom is -1.00 e. The summed E-state index contributed by atoms with van der Waals surface area (Å²) < 4.78 is 1.74. The molecule has 0 nitrogen and oxygen atoms in total. The molecule has 0 aromatic heterocycles. The fourth-order valence-corrected chi connectivity index (χ4v) is 14.5. The van der Waals surface area contributed by atoms with E-state index in [0.717, 1.165) is 23.4 Å². The van der Waals surface area contributed by atoms with Crippen LogP contribution in [0.4, 0.5) is 0 Å². The normalized spacial score (nSPS) is 14.6. The molecule has 0 aliphatic heterocycles. The minimum atomic E-state index is -0.618. The molecule has 2 aliphatic rings. The van der Waals surface area contributed by atoms with Gasteiger partial charge in [0.2, 0.25) is 0 Å². The Morgan fingerprint density at radius 1 is 0.811 bits per heavy atom. The van der Waals surface area contributed by atoms with Crippen LogP contribution in [-0.4, -0.2) is 5.92 Å². The van der Waals surface area contributed by atoms with Gasteiger partial charge < -0.3 is 24.8 Å². The molecule has 4 aromatic carbocycles. The predicted octanol–water partition coefficient (Wildman–Crippen LogP) is 2.22. The van der Waals surface area contributed by atoms with Crippen LogP contribution in [0.3, 0.4) is 0 Å². The minimum absolute atomic E-state index is 0. The fraction of sp³-hybridized carbons (Fsp3) is 0.188. The van der Waals surface area contributed by atoms with E-state index in [9.17, 15) is 0 Å². The maximum absolute atomic E-state index is 6.69.